The molecule has 0 radical (unpaired) electrons. The first-order valence-corrected chi connectivity index (χ1v) is 12.6. The van der Waals surface area contributed by atoms with E-state index in [-0.39, 0.29) is 17.7 Å². The molecule has 3 aromatic rings. The molecule has 0 spiro atoms. The number of para-hydroxylation sites is 1. The molecule has 6 nitrogen and oxygen atoms in total. The van der Waals surface area contributed by atoms with Crippen molar-refractivity contribution in [2.24, 2.45) is 0 Å². The Balaban J connectivity index is 1.63. The van der Waals surface area contributed by atoms with Crippen LogP contribution < -0.4 is 4.74 Å². The zero-order valence-corrected chi connectivity index (χ0v) is 21.3. The Bertz CT molecular complexity index is 1120. The van der Waals surface area contributed by atoms with Gasteiger partial charge in [0.2, 0.25) is 0 Å². The van der Waals surface area contributed by atoms with E-state index in [1.165, 1.54) is 0 Å². The van der Waals surface area contributed by atoms with Crippen LogP contribution in [0, 0.1) is 0 Å². The quantitative estimate of drug-likeness (QED) is 0.248. The third-order valence-corrected chi connectivity index (χ3v) is 6.16. The SMILES string of the molecule is CCCCc1oc2ccccc2c1C(=O)c1ccc(OCCCN(C(=O)C(O)CC)C(C)C)cc1. The van der Waals surface area contributed by atoms with Crippen molar-refractivity contribution >= 4 is 22.7 Å². The summed E-state index contributed by atoms with van der Waals surface area (Å²) in [5.41, 5.74) is 1.98. The minimum atomic E-state index is -0.960. The van der Waals surface area contributed by atoms with E-state index >= 15 is 0 Å². The summed E-state index contributed by atoms with van der Waals surface area (Å²) in [6.07, 6.45) is 2.81. The molecule has 0 aliphatic rings. The fraction of sp³-hybridized carbons (Fsp3) is 0.448. The molecule has 0 aliphatic heterocycles. The van der Waals surface area contributed by atoms with E-state index in [2.05, 4.69) is 6.92 Å². The number of carbonyl (C=O) groups is 2. The Morgan fingerprint density at radius 1 is 1.03 bits per heavy atom. The molecule has 35 heavy (non-hydrogen) atoms. The number of carbonyl (C=O) groups excluding carboxylic acids is 2. The summed E-state index contributed by atoms with van der Waals surface area (Å²) in [6, 6.07) is 14.8. The number of rotatable bonds is 13. The van der Waals surface area contributed by atoms with Crippen molar-refractivity contribution in [3.63, 3.8) is 0 Å². The van der Waals surface area contributed by atoms with Gasteiger partial charge in [-0.25, -0.2) is 0 Å². The number of fused-ring (bicyclic) bond motifs is 1. The molecule has 2 aromatic carbocycles. The highest BCUT2D eigenvalue weighted by Gasteiger charge is 2.23. The Labute approximate surface area is 207 Å². The maximum Gasteiger partial charge on any atom is 0.251 e. The first kappa shape index (κ1) is 26.5. The molecule has 0 saturated heterocycles. The number of hydrogen-bond donors (Lipinski definition) is 1. The average molecular weight is 480 g/mol. The number of hydrogen-bond acceptors (Lipinski definition) is 5. The topological polar surface area (TPSA) is 80.0 Å². The highest BCUT2D eigenvalue weighted by atomic mass is 16.5. The monoisotopic (exact) mass is 479 g/mol. The van der Waals surface area contributed by atoms with Gasteiger partial charge in [0.15, 0.2) is 5.78 Å². The largest absolute Gasteiger partial charge is 0.494 e. The van der Waals surface area contributed by atoms with E-state index in [0.717, 1.165) is 36.0 Å². The number of benzene rings is 2. The lowest BCUT2D eigenvalue weighted by atomic mass is 9.98. The summed E-state index contributed by atoms with van der Waals surface area (Å²) >= 11 is 0. The summed E-state index contributed by atoms with van der Waals surface area (Å²) in [4.78, 5) is 27.4. The van der Waals surface area contributed by atoms with Crippen molar-refractivity contribution in [1.82, 2.24) is 4.90 Å². The zero-order valence-electron chi connectivity index (χ0n) is 21.3. The molecule has 1 atom stereocenters. The first-order valence-electron chi connectivity index (χ1n) is 12.6. The van der Waals surface area contributed by atoms with Gasteiger partial charge in [0.25, 0.3) is 5.91 Å². The van der Waals surface area contributed by atoms with E-state index in [1.54, 1.807) is 36.1 Å². The van der Waals surface area contributed by atoms with Crippen LogP contribution in [0.4, 0.5) is 0 Å². The molecule has 0 saturated carbocycles. The van der Waals surface area contributed by atoms with Crippen LogP contribution in [-0.4, -0.2) is 47.0 Å². The van der Waals surface area contributed by atoms with Gasteiger partial charge in [-0.1, -0.05) is 38.5 Å². The molecule has 0 aliphatic carbocycles. The lowest BCUT2D eigenvalue weighted by molar-refractivity contribution is -0.142. The number of unbranched alkanes of at least 4 members (excludes halogenated alkanes) is 1. The molecule has 1 unspecified atom stereocenters. The van der Waals surface area contributed by atoms with Crippen LogP contribution in [0.3, 0.4) is 0 Å². The van der Waals surface area contributed by atoms with E-state index in [0.29, 0.717) is 42.9 Å². The van der Waals surface area contributed by atoms with Crippen molar-refractivity contribution in [2.45, 2.75) is 71.9 Å². The number of aliphatic hydroxyl groups excluding tert-OH is 1. The van der Waals surface area contributed by atoms with Gasteiger partial charge in [0, 0.05) is 30.0 Å². The minimum Gasteiger partial charge on any atom is -0.494 e. The van der Waals surface area contributed by atoms with Crippen LogP contribution in [0.1, 0.15) is 75.1 Å². The predicted octanol–water partition coefficient (Wildman–Crippen LogP) is 5.78. The Kier molecular flexibility index (Phi) is 9.49. The minimum absolute atomic E-state index is 0.00946. The lowest BCUT2D eigenvalue weighted by Crippen LogP contribution is -2.44. The van der Waals surface area contributed by atoms with Gasteiger partial charge in [-0.2, -0.15) is 0 Å². The van der Waals surface area contributed by atoms with Gasteiger partial charge >= 0.3 is 0 Å². The Morgan fingerprint density at radius 3 is 2.40 bits per heavy atom. The lowest BCUT2D eigenvalue weighted by Gasteiger charge is -2.28. The first-order chi connectivity index (χ1) is 16.9. The van der Waals surface area contributed by atoms with Crippen LogP contribution in [0.25, 0.3) is 11.0 Å². The van der Waals surface area contributed by atoms with Crippen LogP contribution in [-0.2, 0) is 11.2 Å². The molecule has 1 heterocycles. The van der Waals surface area contributed by atoms with E-state index in [4.69, 9.17) is 9.15 Å². The molecule has 1 N–H and O–H groups in total. The Morgan fingerprint density at radius 2 is 1.74 bits per heavy atom. The van der Waals surface area contributed by atoms with Crippen LogP contribution >= 0.6 is 0 Å². The standard InChI is InChI=1S/C29H37NO5/c1-5-7-12-26-27(23-11-8-9-13-25(23)35-26)28(32)21-14-16-22(17-15-21)34-19-10-18-30(20(3)4)29(33)24(31)6-2/h8-9,11,13-17,20,24,31H,5-7,10,12,18-19H2,1-4H3. The molecular formula is C29H37NO5. The van der Waals surface area contributed by atoms with Crippen LogP contribution in [0.15, 0.2) is 52.9 Å². The number of furan rings is 1. The van der Waals surface area contributed by atoms with E-state index < -0.39 is 6.10 Å². The molecule has 0 bridgehead atoms. The van der Waals surface area contributed by atoms with Gasteiger partial charge < -0.3 is 19.2 Å². The van der Waals surface area contributed by atoms with Gasteiger partial charge in [0.05, 0.1) is 12.2 Å². The smallest absolute Gasteiger partial charge is 0.251 e. The normalized spacial score (nSPS) is 12.2. The van der Waals surface area contributed by atoms with Crippen molar-refractivity contribution in [2.75, 3.05) is 13.2 Å². The van der Waals surface area contributed by atoms with Gasteiger partial charge in [-0.05, 0) is 63.4 Å². The van der Waals surface area contributed by atoms with Gasteiger partial charge in [-0.3, -0.25) is 9.59 Å². The average Bonchev–Trinajstić information content (AvgIpc) is 3.24. The number of aryl methyl sites for hydroxylation is 1. The third kappa shape index (κ3) is 6.51. The van der Waals surface area contributed by atoms with Gasteiger partial charge in [-0.15, -0.1) is 0 Å². The summed E-state index contributed by atoms with van der Waals surface area (Å²) in [7, 11) is 0. The van der Waals surface area contributed by atoms with Gasteiger partial charge in [0.1, 0.15) is 23.2 Å². The second-order valence-electron chi connectivity index (χ2n) is 9.10. The molecule has 3 rings (SSSR count). The maximum absolute atomic E-state index is 13.4. The number of nitrogens with zero attached hydrogens (tertiary/aromatic N) is 1. The van der Waals surface area contributed by atoms with Crippen molar-refractivity contribution in [1.29, 1.82) is 0 Å². The summed E-state index contributed by atoms with van der Waals surface area (Å²) in [5, 5.41) is 10.7. The summed E-state index contributed by atoms with van der Waals surface area (Å²) in [5.74, 6) is 1.13. The Hall–Kier alpha value is -3.12. The summed E-state index contributed by atoms with van der Waals surface area (Å²) in [6.45, 7) is 8.73. The zero-order chi connectivity index (χ0) is 25.4. The molecule has 188 valence electrons. The van der Waals surface area contributed by atoms with Crippen molar-refractivity contribution in [3.8, 4) is 5.75 Å². The second kappa shape index (κ2) is 12.5. The van der Waals surface area contributed by atoms with E-state index in [1.807, 2.05) is 38.1 Å². The molecule has 0 fully saturated rings. The highest BCUT2D eigenvalue weighted by Crippen LogP contribution is 2.29. The number of amides is 1. The summed E-state index contributed by atoms with van der Waals surface area (Å²) < 4.78 is 11.9. The maximum atomic E-state index is 13.4. The molecule has 1 aromatic heterocycles. The fourth-order valence-electron chi connectivity index (χ4n) is 4.12. The number of aliphatic hydroxyl groups is 1. The van der Waals surface area contributed by atoms with Crippen LogP contribution in [0.2, 0.25) is 0 Å². The number of ketones is 1. The van der Waals surface area contributed by atoms with E-state index in [9.17, 15) is 14.7 Å². The third-order valence-electron chi connectivity index (χ3n) is 6.16. The predicted molar refractivity (Wildman–Crippen MR) is 138 cm³/mol. The number of ether oxygens (including phenoxy) is 1. The molecular weight excluding hydrogens is 442 g/mol. The van der Waals surface area contributed by atoms with Crippen molar-refractivity contribution < 1.29 is 23.8 Å². The highest BCUT2D eigenvalue weighted by molar-refractivity contribution is 6.16. The van der Waals surface area contributed by atoms with Crippen LogP contribution in [0.5, 0.6) is 5.75 Å². The molecule has 1 amide bonds. The second-order valence-corrected chi connectivity index (χ2v) is 9.10. The van der Waals surface area contributed by atoms with Crippen molar-refractivity contribution in [3.05, 3.63) is 65.4 Å². The molecule has 6 heteroatoms. The fourth-order valence-corrected chi connectivity index (χ4v) is 4.12.